The lowest BCUT2D eigenvalue weighted by atomic mass is 10.1. The Morgan fingerprint density at radius 3 is 2.75 bits per heavy atom. The van der Waals surface area contributed by atoms with Crippen LogP contribution >= 0.6 is 0 Å². The summed E-state index contributed by atoms with van der Waals surface area (Å²) < 4.78 is 5.21. The molecular formula is C11H13NO4. The molecule has 0 aromatic carbocycles. The number of carbonyl (C=O) groups is 2. The van der Waals surface area contributed by atoms with Crippen molar-refractivity contribution in [3.63, 3.8) is 0 Å². The standard InChI is InChI=1S/C11H13NO4/c1-7-2-3-9(16-7)10(13)12-5-4-8(6-12)11(14)15/h2-3,8H,4-6H2,1H3,(H,14,15). The van der Waals surface area contributed by atoms with Crippen LogP contribution in [0.5, 0.6) is 0 Å². The monoisotopic (exact) mass is 223 g/mol. The molecule has 1 fully saturated rings. The zero-order valence-corrected chi connectivity index (χ0v) is 8.97. The summed E-state index contributed by atoms with van der Waals surface area (Å²) in [4.78, 5) is 24.1. The molecule has 0 radical (unpaired) electrons. The molecule has 1 aliphatic heterocycles. The van der Waals surface area contributed by atoms with Gasteiger partial charge in [0.05, 0.1) is 5.92 Å². The molecule has 86 valence electrons. The minimum Gasteiger partial charge on any atom is -0.481 e. The van der Waals surface area contributed by atoms with Crippen molar-refractivity contribution in [1.29, 1.82) is 0 Å². The first-order valence-corrected chi connectivity index (χ1v) is 5.16. The van der Waals surface area contributed by atoms with E-state index in [9.17, 15) is 9.59 Å². The van der Waals surface area contributed by atoms with Crippen LogP contribution in [0, 0.1) is 12.8 Å². The summed E-state index contributed by atoms with van der Waals surface area (Å²) in [6.45, 7) is 2.52. The Morgan fingerprint density at radius 1 is 1.50 bits per heavy atom. The summed E-state index contributed by atoms with van der Waals surface area (Å²) in [7, 11) is 0. The van der Waals surface area contributed by atoms with Crippen LogP contribution in [-0.2, 0) is 4.79 Å². The number of furan rings is 1. The zero-order chi connectivity index (χ0) is 11.7. The van der Waals surface area contributed by atoms with E-state index < -0.39 is 11.9 Å². The Morgan fingerprint density at radius 2 is 2.25 bits per heavy atom. The molecule has 0 saturated carbocycles. The van der Waals surface area contributed by atoms with Crippen molar-refractivity contribution in [2.45, 2.75) is 13.3 Å². The maximum Gasteiger partial charge on any atom is 0.308 e. The van der Waals surface area contributed by atoms with E-state index in [2.05, 4.69) is 0 Å². The van der Waals surface area contributed by atoms with E-state index in [0.717, 1.165) is 0 Å². The number of carboxylic acid groups (broad SMARTS) is 1. The fourth-order valence-electron chi connectivity index (χ4n) is 1.85. The first-order chi connectivity index (χ1) is 7.58. The lowest BCUT2D eigenvalue weighted by molar-refractivity contribution is -0.141. The Kier molecular flexibility index (Phi) is 2.68. The van der Waals surface area contributed by atoms with Gasteiger partial charge in [0, 0.05) is 13.1 Å². The lowest BCUT2D eigenvalue weighted by Gasteiger charge is -2.13. The van der Waals surface area contributed by atoms with Crippen LogP contribution in [0.2, 0.25) is 0 Å². The molecular weight excluding hydrogens is 210 g/mol. The van der Waals surface area contributed by atoms with E-state index in [1.54, 1.807) is 19.1 Å². The molecule has 2 heterocycles. The second kappa shape index (κ2) is 4.00. The van der Waals surface area contributed by atoms with Crippen LogP contribution in [0.15, 0.2) is 16.5 Å². The van der Waals surface area contributed by atoms with Crippen LogP contribution in [0.3, 0.4) is 0 Å². The highest BCUT2D eigenvalue weighted by Crippen LogP contribution is 2.19. The van der Waals surface area contributed by atoms with E-state index in [1.807, 2.05) is 0 Å². The molecule has 1 unspecified atom stereocenters. The number of rotatable bonds is 2. The lowest BCUT2D eigenvalue weighted by Crippen LogP contribution is -2.29. The summed E-state index contributed by atoms with van der Waals surface area (Å²) in [5, 5.41) is 8.83. The van der Waals surface area contributed by atoms with Crippen molar-refractivity contribution in [2.24, 2.45) is 5.92 Å². The van der Waals surface area contributed by atoms with E-state index >= 15 is 0 Å². The molecule has 0 bridgehead atoms. The molecule has 1 aliphatic rings. The molecule has 5 nitrogen and oxygen atoms in total. The summed E-state index contributed by atoms with van der Waals surface area (Å²) in [6, 6.07) is 3.34. The second-order valence-electron chi connectivity index (χ2n) is 3.99. The van der Waals surface area contributed by atoms with Gasteiger partial charge < -0.3 is 14.4 Å². The molecule has 1 N–H and O–H groups in total. The van der Waals surface area contributed by atoms with Crippen molar-refractivity contribution in [1.82, 2.24) is 4.90 Å². The van der Waals surface area contributed by atoms with Gasteiger partial charge in [-0.15, -0.1) is 0 Å². The Bertz CT molecular complexity index is 423. The largest absolute Gasteiger partial charge is 0.481 e. The minimum absolute atomic E-state index is 0.225. The number of hydrogen-bond donors (Lipinski definition) is 1. The molecule has 16 heavy (non-hydrogen) atoms. The van der Waals surface area contributed by atoms with Crippen LogP contribution in [0.4, 0.5) is 0 Å². The van der Waals surface area contributed by atoms with Gasteiger partial charge in [-0.1, -0.05) is 0 Å². The fraction of sp³-hybridized carbons (Fsp3) is 0.455. The maximum atomic E-state index is 11.9. The molecule has 1 saturated heterocycles. The van der Waals surface area contributed by atoms with E-state index in [1.165, 1.54) is 4.90 Å². The predicted octanol–water partition coefficient (Wildman–Crippen LogP) is 1.13. The van der Waals surface area contributed by atoms with Crippen molar-refractivity contribution in [2.75, 3.05) is 13.1 Å². The highest BCUT2D eigenvalue weighted by atomic mass is 16.4. The first-order valence-electron chi connectivity index (χ1n) is 5.16. The summed E-state index contributed by atoms with van der Waals surface area (Å²) in [5.41, 5.74) is 0. The van der Waals surface area contributed by atoms with Crippen molar-refractivity contribution >= 4 is 11.9 Å². The van der Waals surface area contributed by atoms with E-state index in [4.69, 9.17) is 9.52 Å². The third-order valence-electron chi connectivity index (χ3n) is 2.78. The van der Waals surface area contributed by atoms with Gasteiger partial charge in [-0.2, -0.15) is 0 Å². The van der Waals surface area contributed by atoms with Crippen LogP contribution in [0.1, 0.15) is 22.7 Å². The van der Waals surface area contributed by atoms with Gasteiger partial charge in [0.2, 0.25) is 0 Å². The van der Waals surface area contributed by atoms with Crippen molar-refractivity contribution < 1.29 is 19.1 Å². The molecule has 0 aliphatic carbocycles. The average molecular weight is 223 g/mol. The number of aryl methyl sites for hydroxylation is 1. The molecule has 0 spiro atoms. The minimum atomic E-state index is -0.842. The summed E-state index contributed by atoms with van der Waals surface area (Å²) in [5.74, 6) is -0.552. The van der Waals surface area contributed by atoms with E-state index in [0.29, 0.717) is 18.7 Å². The molecule has 1 aromatic heterocycles. The first kappa shape index (κ1) is 10.7. The Hall–Kier alpha value is -1.78. The number of carboxylic acids is 1. The fourth-order valence-corrected chi connectivity index (χ4v) is 1.85. The third kappa shape index (κ3) is 1.93. The molecule has 5 heteroatoms. The van der Waals surface area contributed by atoms with Gasteiger partial charge in [0.1, 0.15) is 5.76 Å². The average Bonchev–Trinajstić information content (AvgIpc) is 2.84. The van der Waals surface area contributed by atoms with Gasteiger partial charge in [-0.25, -0.2) is 0 Å². The van der Waals surface area contributed by atoms with Gasteiger partial charge in [-0.3, -0.25) is 9.59 Å². The third-order valence-corrected chi connectivity index (χ3v) is 2.78. The summed E-state index contributed by atoms with van der Waals surface area (Å²) in [6.07, 6.45) is 0.515. The van der Waals surface area contributed by atoms with Gasteiger partial charge in [0.25, 0.3) is 5.91 Å². The van der Waals surface area contributed by atoms with Gasteiger partial charge >= 0.3 is 5.97 Å². The maximum absolute atomic E-state index is 11.9. The molecule has 1 amide bonds. The quantitative estimate of drug-likeness (QED) is 0.816. The number of nitrogens with zero attached hydrogens (tertiary/aromatic N) is 1. The van der Waals surface area contributed by atoms with Crippen LogP contribution in [-0.4, -0.2) is 35.0 Å². The van der Waals surface area contributed by atoms with Crippen LogP contribution < -0.4 is 0 Å². The molecule has 1 aromatic rings. The summed E-state index contributed by atoms with van der Waals surface area (Å²) >= 11 is 0. The molecule has 1 atom stereocenters. The predicted molar refractivity (Wildman–Crippen MR) is 55.1 cm³/mol. The number of aliphatic carboxylic acids is 1. The van der Waals surface area contributed by atoms with Crippen molar-refractivity contribution in [3.05, 3.63) is 23.7 Å². The second-order valence-corrected chi connectivity index (χ2v) is 3.99. The number of hydrogen-bond acceptors (Lipinski definition) is 3. The van der Waals surface area contributed by atoms with Gasteiger partial charge in [-0.05, 0) is 25.5 Å². The molecule has 2 rings (SSSR count). The van der Waals surface area contributed by atoms with Gasteiger partial charge in [0.15, 0.2) is 5.76 Å². The zero-order valence-electron chi connectivity index (χ0n) is 8.97. The highest BCUT2D eigenvalue weighted by molar-refractivity contribution is 5.92. The number of amides is 1. The van der Waals surface area contributed by atoms with Crippen LogP contribution in [0.25, 0.3) is 0 Å². The SMILES string of the molecule is Cc1ccc(C(=O)N2CCC(C(=O)O)C2)o1. The number of likely N-dealkylation sites (tertiary alicyclic amines) is 1. The normalized spacial score (nSPS) is 20.1. The number of carbonyl (C=O) groups excluding carboxylic acids is 1. The smallest absolute Gasteiger partial charge is 0.308 e. The van der Waals surface area contributed by atoms with E-state index in [-0.39, 0.29) is 18.2 Å². The topological polar surface area (TPSA) is 70.8 Å². The van der Waals surface area contributed by atoms with Crippen molar-refractivity contribution in [3.8, 4) is 0 Å². The highest BCUT2D eigenvalue weighted by Gasteiger charge is 2.32. The Labute approximate surface area is 92.7 Å². The Balaban J connectivity index is 2.05.